The fourth-order valence-corrected chi connectivity index (χ4v) is 3.22. The fourth-order valence-electron chi connectivity index (χ4n) is 1.89. The standard InChI is InChI=1S/C12H4Cl2F6N4S/c13-5-1-4(11(15,16)17)2-6(14)7(5)8-9(25-12(18,19)20)10(22)23-24(8)3-21/h1-2H,(H2,22,23). The third-order valence-electron chi connectivity index (χ3n) is 2.79. The van der Waals surface area contributed by atoms with Gasteiger partial charge in [-0.05, 0) is 23.9 Å². The summed E-state index contributed by atoms with van der Waals surface area (Å²) in [6.07, 6.45) is -3.33. The summed E-state index contributed by atoms with van der Waals surface area (Å²) in [4.78, 5) is -0.697. The number of aromatic nitrogens is 2. The first kappa shape index (κ1) is 19.6. The number of hydrogen-bond donors (Lipinski definition) is 1. The molecule has 2 N–H and O–H groups in total. The largest absolute Gasteiger partial charge is 0.446 e. The molecule has 2 aromatic rings. The third-order valence-corrected chi connectivity index (χ3v) is 4.22. The molecule has 0 atom stereocenters. The molecule has 25 heavy (non-hydrogen) atoms. The minimum atomic E-state index is -4.79. The van der Waals surface area contributed by atoms with Crippen LogP contribution in [0.2, 0.25) is 10.0 Å². The van der Waals surface area contributed by atoms with Gasteiger partial charge in [-0.15, -0.1) is 5.10 Å². The Morgan fingerprint density at radius 2 is 1.64 bits per heavy atom. The summed E-state index contributed by atoms with van der Waals surface area (Å²) < 4.78 is 76.9. The predicted molar refractivity (Wildman–Crippen MR) is 80.0 cm³/mol. The summed E-state index contributed by atoms with van der Waals surface area (Å²) in [7, 11) is 0. The Bertz CT molecular complexity index is 845. The van der Waals surface area contributed by atoms with Gasteiger partial charge < -0.3 is 5.73 Å². The van der Waals surface area contributed by atoms with Gasteiger partial charge in [-0.1, -0.05) is 23.2 Å². The van der Waals surface area contributed by atoms with E-state index in [1.807, 2.05) is 0 Å². The maximum absolute atomic E-state index is 12.8. The lowest BCUT2D eigenvalue weighted by Gasteiger charge is -2.13. The van der Waals surface area contributed by atoms with E-state index in [4.69, 9.17) is 34.2 Å². The van der Waals surface area contributed by atoms with E-state index in [1.54, 1.807) is 0 Å². The lowest BCUT2D eigenvalue weighted by molar-refractivity contribution is -0.137. The van der Waals surface area contributed by atoms with Crippen LogP contribution < -0.4 is 5.73 Å². The summed E-state index contributed by atoms with van der Waals surface area (Å²) in [5, 5.41) is 11.2. The van der Waals surface area contributed by atoms with Crippen LogP contribution in [0.4, 0.5) is 32.2 Å². The molecule has 0 radical (unpaired) electrons. The van der Waals surface area contributed by atoms with Crippen LogP contribution in [-0.2, 0) is 6.18 Å². The van der Waals surface area contributed by atoms with E-state index in [1.165, 1.54) is 6.19 Å². The number of hydrogen-bond acceptors (Lipinski definition) is 4. The number of nitriles is 1. The van der Waals surface area contributed by atoms with E-state index in [0.717, 1.165) is 0 Å². The molecule has 1 aromatic carbocycles. The van der Waals surface area contributed by atoms with E-state index in [9.17, 15) is 26.3 Å². The molecule has 0 aliphatic heterocycles. The van der Waals surface area contributed by atoms with Crippen LogP contribution in [0.5, 0.6) is 0 Å². The fraction of sp³-hybridized carbons (Fsp3) is 0.167. The summed E-state index contributed by atoms with van der Waals surface area (Å²) >= 11 is 10.9. The Labute approximate surface area is 150 Å². The Morgan fingerprint density at radius 1 is 1.12 bits per heavy atom. The summed E-state index contributed by atoms with van der Waals surface area (Å²) in [6, 6.07) is 0.964. The molecule has 0 bridgehead atoms. The number of alkyl halides is 6. The Morgan fingerprint density at radius 3 is 2.04 bits per heavy atom. The Balaban J connectivity index is 2.77. The monoisotopic (exact) mass is 420 g/mol. The van der Waals surface area contributed by atoms with Crippen molar-refractivity contribution < 1.29 is 26.3 Å². The van der Waals surface area contributed by atoms with Gasteiger partial charge in [0.25, 0.3) is 0 Å². The highest BCUT2D eigenvalue weighted by Crippen LogP contribution is 2.48. The number of benzene rings is 1. The molecular formula is C12H4Cl2F6N4S. The second-order valence-electron chi connectivity index (χ2n) is 4.44. The van der Waals surface area contributed by atoms with Crippen LogP contribution in [-0.4, -0.2) is 15.3 Å². The molecule has 0 aliphatic carbocycles. The average Bonchev–Trinajstić information content (AvgIpc) is 2.72. The van der Waals surface area contributed by atoms with Gasteiger partial charge in [-0.3, -0.25) is 0 Å². The zero-order valence-corrected chi connectivity index (χ0v) is 13.8. The van der Waals surface area contributed by atoms with E-state index in [0.29, 0.717) is 16.8 Å². The van der Waals surface area contributed by atoms with Gasteiger partial charge in [0.05, 0.1) is 20.5 Å². The summed E-state index contributed by atoms with van der Waals surface area (Å²) in [5.74, 6) is -0.647. The molecular weight excluding hydrogens is 417 g/mol. The molecule has 0 unspecified atom stereocenters. The smallest absolute Gasteiger partial charge is 0.381 e. The molecule has 2 rings (SSSR count). The van der Waals surface area contributed by atoms with Crippen molar-refractivity contribution in [2.75, 3.05) is 5.73 Å². The third kappa shape index (κ3) is 4.08. The highest BCUT2D eigenvalue weighted by atomic mass is 35.5. The second kappa shape index (κ2) is 6.51. The van der Waals surface area contributed by atoms with E-state index in [-0.39, 0.29) is 0 Å². The molecule has 4 nitrogen and oxygen atoms in total. The molecule has 0 amide bonds. The molecule has 134 valence electrons. The first-order valence-electron chi connectivity index (χ1n) is 5.96. The maximum atomic E-state index is 12.8. The van der Waals surface area contributed by atoms with Crippen molar-refractivity contribution in [3.63, 3.8) is 0 Å². The molecule has 0 aliphatic rings. The van der Waals surface area contributed by atoms with Crippen LogP contribution in [0.3, 0.4) is 0 Å². The van der Waals surface area contributed by atoms with E-state index in [2.05, 4.69) is 5.10 Å². The van der Waals surface area contributed by atoms with Crippen LogP contribution in [0, 0.1) is 11.5 Å². The highest BCUT2D eigenvalue weighted by molar-refractivity contribution is 8.00. The number of halogens is 8. The number of nitrogens with two attached hydrogens (primary N) is 1. The zero-order chi connectivity index (χ0) is 19.2. The number of nitrogens with zero attached hydrogens (tertiary/aromatic N) is 3. The van der Waals surface area contributed by atoms with Gasteiger partial charge in [0, 0.05) is 5.56 Å². The minimum Gasteiger partial charge on any atom is -0.381 e. The van der Waals surface area contributed by atoms with Crippen molar-refractivity contribution in [2.45, 2.75) is 16.6 Å². The topological polar surface area (TPSA) is 67.6 Å². The predicted octanol–water partition coefficient (Wildman–Crippen LogP) is 5.40. The van der Waals surface area contributed by atoms with Gasteiger partial charge in [-0.25, -0.2) is 0 Å². The van der Waals surface area contributed by atoms with Gasteiger partial charge in [-0.2, -0.15) is 36.3 Å². The molecule has 0 saturated heterocycles. The highest BCUT2D eigenvalue weighted by Gasteiger charge is 2.37. The van der Waals surface area contributed by atoms with Gasteiger partial charge in [0.15, 0.2) is 5.82 Å². The number of rotatable bonds is 2. The maximum Gasteiger partial charge on any atom is 0.446 e. The molecule has 0 saturated carbocycles. The quantitative estimate of drug-likeness (QED) is 0.521. The van der Waals surface area contributed by atoms with Crippen molar-refractivity contribution in [3.05, 3.63) is 27.7 Å². The SMILES string of the molecule is N#Cn1nc(N)c(SC(F)(F)F)c1-c1c(Cl)cc(C(F)(F)F)cc1Cl. The first-order chi connectivity index (χ1) is 11.3. The number of nitrogen functional groups attached to an aromatic ring is 1. The molecule has 1 aromatic heterocycles. The van der Waals surface area contributed by atoms with Crippen molar-refractivity contribution in [1.29, 1.82) is 5.26 Å². The van der Waals surface area contributed by atoms with Crippen molar-refractivity contribution >= 4 is 40.8 Å². The van der Waals surface area contributed by atoms with Crippen LogP contribution >= 0.6 is 35.0 Å². The summed E-state index contributed by atoms with van der Waals surface area (Å²) in [6.45, 7) is 0. The van der Waals surface area contributed by atoms with Crippen LogP contribution in [0.15, 0.2) is 17.0 Å². The van der Waals surface area contributed by atoms with Crippen molar-refractivity contribution in [1.82, 2.24) is 9.78 Å². The molecule has 1 heterocycles. The normalized spacial score (nSPS) is 12.3. The first-order valence-corrected chi connectivity index (χ1v) is 7.53. The van der Waals surface area contributed by atoms with Crippen LogP contribution in [0.25, 0.3) is 11.3 Å². The van der Waals surface area contributed by atoms with Gasteiger partial charge in [0.1, 0.15) is 5.69 Å². The van der Waals surface area contributed by atoms with Gasteiger partial charge in [0.2, 0.25) is 6.19 Å². The van der Waals surface area contributed by atoms with E-state index >= 15 is 0 Å². The molecule has 13 heteroatoms. The molecule has 0 fully saturated rings. The second-order valence-corrected chi connectivity index (χ2v) is 6.32. The van der Waals surface area contributed by atoms with Crippen molar-refractivity contribution in [2.24, 2.45) is 0 Å². The Hall–Kier alpha value is -1.77. The number of anilines is 1. The van der Waals surface area contributed by atoms with E-state index < -0.39 is 61.0 Å². The minimum absolute atomic E-state index is 0.407. The number of thioether (sulfide) groups is 1. The van der Waals surface area contributed by atoms with Gasteiger partial charge >= 0.3 is 11.7 Å². The lowest BCUT2D eigenvalue weighted by Crippen LogP contribution is -2.06. The van der Waals surface area contributed by atoms with Crippen molar-refractivity contribution in [3.8, 4) is 17.5 Å². The lowest BCUT2D eigenvalue weighted by atomic mass is 10.1. The van der Waals surface area contributed by atoms with Crippen LogP contribution in [0.1, 0.15) is 5.56 Å². The Kier molecular flexibility index (Phi) is 5.09. The molecule has 0 spiro atoms. The summed E-state index contributed by atoms with van der Waals surface area (Å²) in [5.41, 5.74) is -1.58. The zero-order valence-electron chi connectivity index (χ0n) is 11.5. The average molecular weight is 421 g/mol.